The summed E-state index contributed by atoms with van der Waals surface area (Å²) in [6.07, 6.45) is 7.81. The monoisotopic (exact) mass is 375 g/mol. The highest BCUT2D eigenvalue weighted by molar-refractivity contribution is 5.89. The highest BCUT2D eigenvalue weighted by Gasteiger charge is 2.34. The average molecular weight is 375 g/mol. The Kier molecular flexibility index (Phi) is 6.58. The lowest BCUT2D eigenvalue weighted by Gasteiger charge is -2.35. The van der Waals surface area contributed by atoms with Gasteiger partial charge < -0.3 is 14.2 Å². The fourth-order valence-electron chi connectivity index (χ4n) is 3.63. The highest BCUT2D eigenvalue weighted by atomic mass is 16.7. The number of methoxy groups -OCH3 is 1. The van der Waals surface area contributed by atoms with E-state index in [0.29, 0.717) is 5.56 Å². The summed E-state index contributed by atoms with van der Waals surface area (Å²) in [5, 5.41) is 10.8. The van der Waals surface area contributed by atoms with E-state index in [1.165, 1.54) is 24.3 Å². The van der Waals surface area contributed by atoms with Crippen LogP contribution >= 0.6 is 0 Å². The van der Waals surface area contributed by atoms with Crippen LogP contribution in [0.4, 0.5) is 5.69 Å². The first kappa shape index (κ1) is 19.5. The van der Waals surface area contributed by atoms with Gasteiger partial charge in [0.15, 0.2) is 6.29 Å². The topological polar surface area (TPSA) is 87.9 Å². The van der Waals surface area contributed by atoms with Crippen molar-refractivity contribution in [1.82, 2.24) is 0 Å². The minimum absolute atomic E-state index is 0.0587. The second-order valence-electron chi connectivity index (χ2n) is 6.93. The van der Waals surface area contributed by atoms with E-state index >= 15 is 0 Å². The van der Waals surface area contributed by atoms with Crippen LogP contribution in [0.15, 0.2) is 35.9 Å². The molecule has 0 aromatic heterocycles. The van der Waals surface area contributed by atoms with Gasteiger partial charge in [0.1, 0.15) is 12.2 Å². The molecule has 0 spiro atoms. The van der Waals surface area contributed by atoms with Gasteiger partial charge in [-0.25, -0.2) is 4.79 Å². The van der Waals surface area contributed by atoms with E-state index < -0.39 is 17.0 Å². The summed E-state index contributed by atoms with van der Waals surface area (Å²) in [6, 6.07) is 5.46. The number of rotatable bonds is 6. The number of ether oxygens (including phenoxy) is 3. The molecule has 1 fully saturated rings. The van der Waals surface area contributed by atoms with E-state index in [9.17, 15) is 14.9 Å². The molecule has 7 nitrogen and oxygen atoms in total. The molecule has 3 atom stereocenters. The summed E-state index contributed by atoms with van der Waals surface area (Å²) in [4.78, 5) is 23.0. The van der Waals surface area contributed by atoms with E-state index in [1.807, 2.05) is 0 Å². The Morgan fingerprint density at radius 3 is 2.63 bits per heavy atom. The summed E-state index contributed by atoms with van der Waals surface area (Å²) in [6.45, 7) is 0. The largest absolute Gasteiger partial charge is 0.451 e. The lowest BCUT2D eigenvalue weighted by molar-refractivity contribution is -0.384. The van der Waals surface area contributed by atoms with E-state index in [-0.39, 0.29) is 18.1 Å². The van der Waals surface area contributed by atoms with Crippen molar-refractivity contribution in [3.8, 4) is 0 Å². The number of nitro groups is 1. The van der Waals surface area contributed by atoms with Crippen LogP contribution in [-0.2, 0) is 14.2 Å². The van der Waals surface area contributed by atoms with Crippen molar-refractivity contribution in [2.75, 3.05) is 7.11 Å². The minimum Gasteiger partial charge on any atom is -0.451 e. The Bertz CT molecular complexity index is 699. The molecule has 2 aliphatic rings. The zero-order chi connectivity index (χ0) is 19.2. The number of hydrogen-bond acceptors (Lipinski definition) is 6. The normalized spacial score (nSPS) is 24.0. The Morgan fingerprint density at radius 2 is 2.00 bits per heavy atom. The summed E-state index contributed by atoms with van der Waals surface area (Å²) < 4.78 is 17.2. The van der Waals surface area contributed by atoms with Gasteiger partial charge in [0.05, 0.1) is 10.5 Å². The third-order valence-electron chi connectivity index (χ3n) is 5.09. The summed E-state index contributed by atoms with van der Waals surface area (Å²) in [5.74, 6) is -0.496. The molecule has 3 rings (SSSR count). The molecular formula is C20H25NO6. The molecular weight excluding hydrogens is 350 g/mol. The highest BCUT2D eigenvalue weighted by Crippen LogP contribution is 2.31. The van der Waals surface area contributed by atoms with Crippen molar-refractivity contribution >= 4 is 11.7 Å². The molecule has 1 heterocycles. The maximum Gasteiger partial charge on any atom is 0.338 e. The maximum absolute atomic E-state index is 12.7. The fraction of sp³-hybridized carbons (Fsp3) is 0.550. The number of non-ortho nitro benzene ring substituents is 1. The second-order valence-corrected chi connectivity index (χ2v) is 6.93. The first-order valence-corrected chi connectivity index (χ1v) is 9.41. The quantitative estimate of drug-likeness (QED) is 0.321. The summed E-state index contributed by atoms with van der Waals surface area (Å²) in [7, 11) is 1.62. The summed E-state index contributed by atoms with van der Waals surface area (Å²) >= 11 is 0. The predicted octanol–water partition coefficient (Wildman–Crippen LogP) is 4.16. The number of allylic oxidation sites excluding steroid dienone is 1. The second kappa shape index (κ2) is 9.10. The third-order valence-corrected chi connectivity index (χ3v) is 5.09. The van der Waals surface area contributed by atoms with Gasteiger partial charge >= 0.3 is 5.97 Å². The molecule has 7 heteroatoms. The third kappa shape index (κ3) is 4.93. The van der Waals surface area contributed by atoms with Gasteiger partial charge in [-0.2, -0.15) is 0 Å². The van der Waals surface area contributed by atoms with E-state index in [2.05, 4.69) is 6.08 Å². The zero-order valence-corrected chi connectivity index (χ0v) is 15.5. The van der Waals surface area contributed by atoms with Gasteiger partial charge in [0.25, 0.3) is 5.69 Å². The lowest BCUT2D eigenvalue weighted by atomic mass is 9.90. The number of benzene rings is 1. The molecule has 0 radical (unpaired) electrons. The zero-order valence-electron chi connectivity index (χ0n) is 15.5. The molecule has 1 aliphatic heterocycles. The van der Waals surface area contributed by atoms with Gasteiger partial charge in [0.2, 0.25) is 0 Å². The van der Waals surface area contributed by atoms with Crippen LogP contribution in [0.5, 0.6) is 0 Å². The average Bonchev–Trinajstić information content (AvgIpc) is 2.72. The van der Waals surface area contributed by atoms with Crippen LogP contribution in [0.25, 0.3) is 0 Å². The predicted molar refractivity (Wildman–Crippen MR) is 98.4 cm³/mol. The van der Waals surface area contributed by atoms with Gasteiger partial charge in [0, 0.05) is 19.2 Å². The Morgan fingerprint density at radius 1 is 1.22 bits per heavy atom. The molecule has 0 N–H and O–H groups in total. The van der Waals surface area contributed by atoms with Crippen LogP contribution in [0.2, 0.25) is 0 Å². The van der Waals surface area contributed by atoms with Crippen molar-refractivity contribution < 1.29 is 23.9 Å². The van der Waals surface area contributed by atoms with Crippen LogP contribution in [0.3, 0.4) is 0 Å². The van der Waals surface area contributed by atoms with Crippen molar-refractivity contribution in [3.63, 3.8) is 0 Å². The van der Waals surface area contributed by atoms with Gasteiger partial charge in [-0.3, -0.25) is 10.1 Å². The van der Waals surface area contributed by atoms with Crippen molar-refractivity contribution in [3.05, 3.63) is 51.6 Å². The molecule has 1 aliphatic carbocycles. The number of carbonyl (C=O) groups excluding carboxylic acids is 1. The maximum atomic E-state index is 12.7. The van der Waals surface area contributed by atoms with E-state index in [1.54, 1.807) is 7.11 Å². The molecule has 1 aromatic carbocycles. The Hall–Kier alpha value is -2.25. The van der Waals surface area contributed by atoms with Crippen molar-refractivity contribution in [2.45, 2.75) is 63.4 Å². The van der Waals surface area contributed by atoms with Crippen LogP contribution in [0.1, 0.15) is 55.3 Å². The lowest BCUT2D eigenvalue weighted by Crippen LogP contribution is -2.41. The van der Waals surface area contributed by atoms with Gasteiger partial charge in [-0.1, -0.05) is 6.08 Å². The van der Waals surface area contributed by atoms with Gasteiger partial charge in [-0.15, -0.1) is 0 Å². The van der Waals surface area contributed by atoms with E-state index in [0.717, 1.165) is 50.5 Å². The molecule has 27 heavy (non-hydrogen) atoms. The molecule has 0 saturated carbocycles. The molecule has 0 amide bonds. The summed E-state index contributed by atoms with van der Waals surface area (Å²) in [5.41, 5.74) is 1.33. The molecule has 1 saturated heterocycles. The molecule has 1 aromatic rings. The SMILES string of the molecule is CO[C@@H]1CCC[C@@H]([C@H](OC(=O)c2ccc([N+](=O)[O-])cc2)C2=CCCCC2)O1. The number of carbonyl (C=O) groups is 1. The number of nitro benzene ring substituents is 1. The number of nitrogens with zero attached hydrogens (tertiary/aromatic N) is 1. The van der Waals surface area contributed by atoms with Crippen molar-refractivity contribution in [1.29, 1.82) is 0 Å². The molecule has 146 valence electrons. The first-order chi connectivity index (χ1) is 13.1. The number of hydrogen-bond donors (Lipinski definition) is 0. The van der Waals surface area contributed by atoms with Crippen LogP contribution in [-0.4, -0.2) is 36.5 Å². The standard InChI is InChI=1S/C20H25NO6/c1-25-18-9-5-8-17(26-18)19(14-6-3-2-4-7-14)27-20(22)15-10-12-16(13-11-15)21(23)24/h6,10-13,17-19H,2-5,7-9H2,1H3/t17-,18-,19+/m0/s1. The first-order valence-electron chi connectivity index (χ1n) is 9.41. The Labute approximate surface area is 158 Å². The van der Waals surface area contributed by atoms with Crippen LogP contribution < -0.4 is 0 Å². The van der Waals surface area contributed by atoms with Crippen molar-refractivity contribution in [2.24, 2.45) is 0 Å². The number of esters is 1. The minimum atomic E-state index is -0.496. The fourth-order valence-corrected chi connectivity index (χ4v) is 3.63. The van der Waals surface area contributed by atoms with Gasteiger partial charge in [-0.05, 0) is 62.7 Å². The van der Waals surface area contributed by atoms with E-state index in [4.69, 9.17) is 14.2 Å². The smallest absolute Gasteiger partial charge is 0.338 e. The molecule has 0 bridgehead atoms. The molecule has 0 unspecified atom stereocenters. The van der Waals surface area contributed by atoms with Crippen LogP contribution in [0, 0.1) is 10.1 Å². The Balaban J connectivity index is 1.77.